The lowest BCUT2D eigenvalue weighted by Crippen LogP contribution is -2.67. The normalized spacial score (nSPS) is 31.9. The van der Waals surface area contributed by atoms with E-state index in [-0.39, 0.29) is 24.2 Å². The number of nitrogens with zero attached hydrogens (tertiary/aromatic N) is 2. The third kappa shape index (κ3) is 1.77. The number of carbonyl (C=O) groups is 1. The number of pyridine rings is 1. The lowest BCUT2D eigenvalue weighted by atomic mass is 9.74. The Bertz CT molecular complexity index is 802. The third-order valence-corrected chi connectivity index (χ3v) is 5.57. The zero-order valence-electron chi connectivity index (χ0n) is 12.9. The minimum atomic E-state index is -0.257. The van der Waals surface area contributed by atoms with E-state index in [1.165, 1.54) is 0 Å². The van der Waals surface area contributed by atoms with Crippen LogP contribution in [0.1, 0.15) is 24.5 Å². The van der Waals surface area contributed by atoms with Crippen LogP contribution in [0.5, 0.6) is 5.75 Å². The number of rotatable bonds is 2. The van der Waals surface area contributed by atoms with Crippen LogP contribution in [-0.2, 0) is 9.53 Å². The van der Waals surface area contributed by atoms with Crippen molar-refractivity contribution in [2.45, 2.75) is 31.1 Å². The van der Waals surface area contributed by atoms with E-state index in [0.29, 0.717) is 5.92 Å². The summed E-state index contributed by atoms with van der Waals surface area (Å²) in [5.74, 6) is 1.40. The van der Waals surface area contributed by atoms with E-state index in [4.69, 9.17) is 9.47 Å². The second-order valence-electron chi connectivity index (χ2n) is 6.64. The summed E-state index contributed by atoms with van der Waals surface area (Å²) in [6.45, 7) is 0.872. The number of carbonyl (C=O) groups excluding carboxylic acids is 1. The lowest BCUT2D eigenvalue weighted by Gasteiger charge is -2.57. The van der Waals surface area contributed by atoms with E-state index >= 15 is 0 Å². The van der Waals surface area contributed by atoms with Gasteiger partial charge >= 0.3 is 0 Å². The Morgan fingerprint density at radius 2 is 2.22 bits per heavy atom. The maximum absolute atomic E-state index is 12.4. The minimum absolute atomic E-state index is 0.0631. The summed E-state index contributed by atoms with van der Waals surface area (Å²) >= 11 is 0. The molecule has 1 aromatic carbocycles. The van der Waals surface area contributed by atoms with Crippen LogP contribution >= 0.6 is 0 Å². The first-order valence-electron chi connectivity index (χ1n) is 8.15. The van der Waals surface area contributed by atoms with Gasteiger partial charge in [-0.05, 0) is 48.6 Å². The summed E-state index contributed by atoms with van der Waals surface area (Å²) in [5, 5.41) is 1.05. The summed E-state index contributed by atoms with van der Waals surface area (Å²) in [7, 11) is 1.67. The van der Waals surface area contributed by atoms with Crippen molar-refractivity contribution in [3.63, 3.8) is 0 Å². The average Bonchev–Trinajstić information content (AvgIpc) is 2.61. The monoisotopic (exact) mass is 310 g/mol. The van der Waals surface area contributed by atoms with Gasteiger partial charge in [-0.2, -0.15) is 0 Å². The molecule has 5 heteroatoms. The highest BCUT2D eigenvalue weighted by Gasteiger charge is 2.55. The number of benzene rings is 1. The molecule has 7 rings (SSSR count). The quantitative estimate of drug-likeness (QED) is 0.854. The molecule has 118 valence electrons. The van der Waals surface area contributed by atoms with Crippen molar-refractivity contribution in [3.05, 3.63) is 36.0 Å². The number of aromatic nitrogens is 1. The first-order chi connectivity index (χ1) is 11.3. The molecule has 1 amide bonds. The summed E-state index contributed by atoms with van der Waals surface area (Å²) < 4.78 is 11.6. The topological polar surface area (TPSA) is 51.7 Å². The van der Waals surface area contributed by atoms with E-state index in [1.54, 1.807) is 7.11 Å². The van der Waals surface area contributed by atoms with E-state index < -0.39 is 0 Å². The van der Waals surface area contributed by atoms with Gasteiger partial charge in [-0.25, -0.2) is 0 Å². The van der Waals surface area contributed by atoms with E-state index in [9.17, 15) is 4.79 Å². The molecule has 1 aromatic heterocycles. The number of morpholine rings is 1. The first kappa shape index (κ1) is 13.3. The van der Waals surface area contributed by atoms with Gasteiger partial charge in [0.05, 0.1) is 18.7 Å². The molecule has 0 unspecified atom stereocenters. The Kier molecular flexibility index (Phi) is 2.71. The largest absolute Gasteiger partial charge is 0.497 e. The van der Waals surface area contributed by atoms with E-state index in [0.717, 1.165) is 41.6 Å². The predicted octanol–water partition coefficient (Wildman–Crippen LogP) is 2.30. The summed E-state index contributed by atoms with van der Waals surface area (Å²) in [6.07, 6.45) is 3.63. The van der Waals surface area contributed by atoms with Gasteiger partial charge in [0, 0.05) is 18.1 Å². The number of ether oxygens (including phenoxy) is 2. The van der Waals surface area contributed by atoms with Crippen LogP contribution in [0.25, 0.3) is 10.9 Å². The number of piperidine rings is 3. The average molecular weight is 310 g/mol. The van der Waals surface area contributed by atoms with Crippen LogP contribution < -0.4 is 4.74 Å². The maximum atomic E-state index is 12.4. The highest BCUT2D eigenvalue weighted by molar-refractivity contribution is 5.86. The van der Waals surface area contributed by atoms with Gasteiger partial charge in [0.1, 0.15) is 18.0 Å². The molecular formula is C18H18N2O3. The molecule has 6 heterocycles. The molecule has 5 nitrogen and oxygen atoms in total. The van der Waals surface area contributed by atoms with Gasteiger partial charge < -0.3 is 14.4 Å². The van der Waals surface area contributed by atoms with E-state index in [1.807, 2.05) is 35.4 Å². The van der Waals surface area contributed by atoms with Gasteiger partial charge in [0.15, 0.2) is 0 Å². The van der Waals surface area contributed by atoms with Crippen LogP contribution in [0.15, 0.2) is 30.5 Å². The van der Waals surface area contributed by atoms with Gasteiger partial charge in [-0.1, -0.05) is 0 Å². The maximum Gasteiger partial charge on any atom is 0.252 e. The molecule has 2 aromatic rings. The Balaban J connectivity index is 1.63. The molecule has 4 atom stereocenters. The van der Waals surface area contributed by atoms with Crippen LogP contribution in [0.3, 0.4) is 0 Å². The number of hydrogen-bond acceptors (Lipinski definition) is 4. The second-order valence-corrected chi connectivity index (χ2v) is 6.64. The van der Waals surface area contributed by atoms with Gasteiger partial charge in [-0.3, -0.25) is 9.78 Å². The highest BCUT2D eigenvalue weighted by Crippen LogP contribution is 2.48. The molecule has 23 heavy (non-hydrogen) atoms. The standard InChI is InChI=1S/C18H18N2O3/c1-22-11-2-3-14-13(9-11)12(4-6-19-14)17-15-8-10-5-7-20(15)18(21)16(10)23-17/h2-4,6,9-10,15-17H,5,7-8H2,1H3/t10-,15+,16-,17-/m0/s1. The molecule has 0 radical (unpaired) electrons. The van der Waals surface area contributed by atoms with Crippen molar-refractivity contribution in [2.24, 2.45) is 5.92 Å². The Morgan fingerprint density at radius 1 is 1.30 bits per heavy atom. The zero-order chi connectivity index (χ0) is 15.6. The molecular weight excluding hydrogens is 292 g/mol. The number of methoxy groups -OCH3 is 1. The summed E-state index contributed by atoms with van der Waals surface area (Å²) in [4.78, 5) is 18.8. The fourth-order valence-electron chi connectivity index (χ4n) is 4.45. The van der Waals surface area contributed by atoms with Gasteiger partial charge in [0.25, 0.3) is 5.91 Å². The molecule has 0 saturated carbocycles. The summed E-state index contributed by atoms with van der Waals surface area (Å²) in [5.41, 5.74) is 2.04. The van der Waals surface area contributed by atoms with Crippen molar-refractivity contribution in [1.29, 1.82) is 0 Å². The molecule has 4 bridgehead atoms. The molecule has 5 aliphatic rings. The highest BCUT2D eigenvalue weighted by atomic mass is 16.5. The molecule has 0 aliphatic carbocycles. The smallest absolute Gasteiger partial charge is 0.252 e. The molecule has 0 N–H and O–H groups in total. The Hall–Kier alpha value is -2.14. The van der Waals surface area contributed by atoms with Crippen molar-refractivity contribution in [2.75, 3.05) is 13.7 Å². The van der Waals surface area contributed by atoms with E-state index in [2.05, 4.69) is 4.98 Å². The van der Waals surface area contributed by atoms with Crippen LogP contribution in [0.2, 0.25) is 0 Å². The first-order valence-corrected chi connectivity index (χ1v) is 8.15. The fraction of sp³-hybridized carbons (Fsp3) is 0.444. The Labute approximate surface area is 134 Å². The van der Waals surface area contributed by atoms with Crippen molar-refractivity contribution in [3.8, 4) is 5.75 Å². The third-order valence-electron chi connectivity index (χ3n) is 5.57. The van der Waals surface area contributed by atoms with Gasteiger partial charge in [-0.15, -0.1) is 0 Å². The number of amides is 1. The molecule has 0 spiro atoms. The van der Waals surface area contributed by atoms with Crippen molar-refractivity contribution < 1.29 is 14.3 Å². The zero-order valence-corrected chi connectivity index (χ0v) is 12.9. The van der Waals surface area contributed by atoms with Gasteiger partial charge in [0.2, 0.25) is 0 Å². The minimum Gasteiger partial charge on any atom is -0.497 e. The fourth-order valence-corrected chi connectivity index (χ4v) is 4.45. The summed E-state index contributed by atoms with van der Waals surface area (Å²) in [6, 6.07) is 8.08. The number of hydrogen-bond donors (Lipinski definition) is 0. The molecule has 5 aliphatic heterocycles. The van der Waals surface area contributed by atoms with Crippen molar-refractivity contribution in [1.82, 2.24) is 9.88 Å². The predicted molar refractivity (Wildman–Crippen MR) is 84.1 cm³/mol. The Morgan fingerprint density at radius 3 is 3.00 bits per heavy atom. The molecule has 5 saturated heterocycles. The van der Waals surface area contributed by atoms with Crippen LogP contribution in [-0.4, -0.2) is 41.6 Å². The lowest BCUT2D eigenvalue weighted by molar-refractivity contribution is -0.216. The van der Waals surface area contributed by atoms with Crippen molar-refractivity contribution >= 4 is 16.8 Å². The molecule has 5 fully saturated rings. The van der Waals surface area contributed by atoms with Crippen LogP contribution in [0, 0.1) is 5.92 Å². The SMILES string of the molecule is COc1ccc2nccc([C@@H]3O[C@@H]4C(=O)N5CC[C@H]4C[C@H]35)c2c1. The van der Waals surface area contributed by atoms with Crippen LogP contribution in [0.4, 0.5) is 0 Å². The second kappa shape index (κ2) is 4.68. The number of fused-ring (bicyclic) bond motifs is 3.